The van der Waals surface area contributed by atoms with Crippen LogP contribution in [0.4, 0.5) is 5.95 Å². The van der Waals surface area contributed by atoms with E-state index in [0.29, 0.717) is 23.2 Å². The second kappa shape index (κ2) is 9.01. The highest BCUT2D eigenvalue weighted by molar-refractivity contribution is 6.30. The number of hydrogen-bond acceptors (Lipinski definition) is 5. The molecular formula is C19H23ClN4O3. The first kappa shape index (κ1) is 19.4. The van der Waals surface area contributed by atoms with Gasteiger partial charge in [0.05, 0.1) is 12.3 Å². The molecule has 1 fully saturated rings. The molecule has 0 saturated carbocycles. The van der Waals surface area contributed by atoms with Crippen LogP contribution < -0.4 is 15.8 Å². The van der Waals surface area contributed by atoms with E-state index in [0.717, 1.165) is 31.5 Å². The molecule has 1 aliphatic rings. The summed E-state index contributed by atoms with van der Waals surface area (Å²) in [6.07, 6.45) is 2.10. The van der Waals surface area contributed by atoms with Gasteiger partial charge in [0.25, 0.3) is 5.56 Å². The summed E-state index contributed by atoms with van der Waals surface area (Å²) in [5.74, 6) is 0.294. The van der Waals surface area contributed by atoms with Crippen LogP contribution in [0.15, 0.2) is 35.1 Å². The normalized spacial score (nSPS) is 13.8. The Morgan fingerprint density at radius 2 is 1.96 bits per heavy atom. The highest BCUT2D eigenvalue weighted by Crippen LogP contribution is 2.17. The van der Waals surface area contributed by atoms with Crippen LogP contribution in [0, 0.1) is 0 Å². The minimum absolute atomic E-state index is 0.0709. The van der Waals surface area contributed by atoms with Gasteiger partial charge in [0.15, 0.2) is 0 Å². The zero-order valence-corrected chi connectivity index (χ0v) is 16.0. The quantitative estimate of drug-likeness (QED) is 0.782. The van der Waals surface area contributed by atoms with Gasteiger partial charge in [-0.25, -0.2) is 4.98 Å². The molecule has 1 aromatic heterocycles. The van der Waals surface area contributed by atoms with Crippen molar-refractivity contribution in [3.05, 3.63) is 57.0 Å². The molecule has 1 N–H and O–H groups in total. The van der Waals surface area contributed by atoms with Gasteiger partial charge in [-0.05, 0) is 30.5 Å². The lowest BCUT2D eigenvalue weighted by atomic mass is 10.2. The first-order valence-corrected chi connectivity index (χ1v) is 9.30. The molecule has 2 heterocycles. The molecular weight excluding hydrogens is 368 g/mol. The van der Waals surface area contributed by atoms with Gasteiger partial charge < -0.3 is 15.0 Å². The summed E-state index contributed by atoms with van der Waals surface area (Å²) in [5.41, 5.74) is 1.26. The van der Waals surface area contributed by atoms with E-state index in [1.54, 1.807) is 19.2 Å². The van der Waals surface area contributed by atoms with Gasteiger partial charge >= 0.3 is 0 Å². The lowest BCUT2D eigenvalue weighted by Crippen LogP contribution is -2.36. The molecule has 2 aromatic rings. The van der Waals surface area contributed by atoms with Crippen LogP contribution in [0.5, 0.6) is 0 Å². The van der Waals surface area contributed by atoms with Crippen LogP contribution in [-0.4, -0.2) is 35.7 Å². The van der Waals surface area contributed by atoms with Crippen molar-refractivity contribution in [1.82, 2.24) is 14.9 Å². The number of benzene rings is 1. The molecule has 8 heteroatoms. The van der Waals surface area contributed by atoms with Crippen molar-refractivity contribution >= 4 is 23.5 Å². The Bertz CT molecular complexity index is 845. The number of ether oxygens (including phenoxy) is 1. The number of methoxy groups -OCH3 is 1. The average Bonchev–Trinajstić information content (AvgIpc) is 3.18. The molecule has 0 radical (unpaired) electrons. The largest absolute Gasteiger partial charge is 0.378 e. The maximum Gasteiger partial charge on any atom is 0.255 e. The van der Waals surface area contributed by atoms with Gasteiger partial charge in [0, 0.05) is 37.8 Å². The van der Waals surface area contributed by atoms with E-state index in [4.69, 9.17) is 16.3 Å². The second-order valence-electron chi connectivity index (χ2n) is 6.50. The predicted molar refractivity (Wildman–Crippen MR) is 104 cm³/mol. The molecule has 1 amide bonds. The Hall–Kier alpha value is -2.38. The minimum atomic E-state index is -0.249. The molecule has 0 bridgehead atoms. The molecule has 3 rings (SSSR count). The number of carbonyl (C=O) groups is 1. The smallest absolute Gasteiger partial charge is 0.255 e. The first-order chi connectivity index (χ1) is 13.1. The molecule has 0 unspecified atom stereocenters. The highest BCUT2D eigenvalue weighted by Gasteiger charge is 2.20. The van der Waals surface area contributed by atoms with E-state index in [-0.39, 0.29) is 24.6 Å². The summed E-state index contributed by atoms with van der Waals surface area (Å²) >= 11 is 5.87. The number of amides is 1. The fourth-order valence-electron chi connectivity index (χ4n) is 3.07. The van der Waals surface area contributed by atoms with Crippen molar-refractivity contribution in [3.8, 4) is 0 Å². The van der Waals surface area contributed by atoms with Gasteiger partial charge in [-0.15, -0.1) is 0 Å². The number of rotatable bonds is 7. The molecule has 0 spiro atoms. The van der Waals surface area contributed by atoms with E-state index in [9.17, 15) is 9.59 Å². The molecule has 7 nitrogen and oxygen atoms in total. The van der Waals surface area contributed by atoms with Crippen LogP contribution in [0.2, 0.25) is 5.02 Å². The van der Waals surface area contributed by atoms with E-state index in [1.807, 2.05) is 17.0 Å². The Morgan fingerprint density at radius 1 is 1.26 bits per heavy atom. The average molecular weight is 391 g/mol. The fourth-order valence-corrected chi connectivity index (χ4v) is 3.20. The first-order valence-electron chi connectivity index (χ1n) is 8.92. The summed E-state index contributed by atoms with van der Waals surface area (Å²) < 4.78 is 6.53. The summed E-state index contributed by atoms with van der Waals surface area (Å²) in [5, 5.41) is 3.49. The standard InChI is InChI=1S/C19H23ClN4O3/c1-27-13-16-10-18(26)24(19(22-16)23-8-2-3-9-23)12-17(25)21-11-14-4-6-15(20)7-5-14/h4-7,10H,2-3,8-9,11-13H2,1H3,(H,21,25). The number of nitrogens with zero attached hydrogens (tertiary/aromatic N) is 3. The molecule has 144 valence electrons. The summed E-state index contributed by atoms with van der Waals surface area (Å²) in [4.78, 5) is 31.6. The van der Waals surface area contributed by atoms with Gasteiger partial charge in [-0.1, -0.05) is 23.7 Å². The van der Waals surface area contributed by atoms with Gasteiger partial charge in [0.1, 0.15) is 6.54 Å². The number of anilines is 1. The van der Waals surface area contributed by atoms with Crippen LogP contribution in [0.25, 0.3) is 0 Å². The van der Waals surface area contributed by atoms with E-state index >= 15 is 0 Å². The van der Waals surface area contributed by atoms with Crippen LogP contribution in [0.1, 0.15) is 24.1 Å². The van der Waals surface area contributed by atoms with Crippen LogP contribution >= 0.6 is 11.6 Å². The lowest BCUT2D eigenvalue weighted by Gasteiger charge is -2.21. The Kier molecular flexibility index (Phi) is 6.47. The summed E-state index contributed by atoms with van der Waals surface area (Å²) in [6.45, 7) is 2.22. The van der Waals surface area contributed by atoms with Crippen molar-refractivity contribution in [1.29, 1.82) is 0 Å². The van der Waals surface area contributed by atoms with E-state index in [2.05, 4.69) is 10.3 Å². The third-order valence-corrected chi connectivity index (χ3v) is 4.68. The monoisotopic (exact) mass is 390 g/mol. The number of halogens is 1. The molecule has 27 heavy (non-hydrogen) atoms. The molecule has 0 atom stereocenters. The van der Waals surface area contributed by atoms with Crippen LogP contribution in [0.3, 0.4) is 0 Å². The predicted octanol–water partition coefficient (Wildman–Crippen LogP) is 1.96. The van der Waals surface area contributed by atoms with Gasteiger partial charge in [-0.3, -0.25) is 14.2 Å². The third-order valence-electron chi connectivity index (χ3n) is 4.43. The second-order valence-corrected chi connectivity index (χ2v) is 6.94. The van der Waals surface area contributed by atoms with Crippen molar-refractivity contribution in [2.75, 3.05) is 25.1 Å². The van der Waals surface area contributed by atoms with Gasteiger partial charge in [0.2, 0.25) is 11.9 Å². The van der Waals surface area contributed by atoms with Crippen molar-refractivity contribution in [2.45, 2.75) is 32.5 Å². The lowest BCUT2D eigenvalue weighted by molar-refractivity contribution is -0.121. The van der Waals surface area contributed by atoms with Crippen molar-refractivity contribution in [3.63, 3.8) is 0 Å². The van der Waals surface area contributed by atoms with Crippen LogP contribution in [-0.2, 0) is 29.2 Å². The fraction of sp³-hybridized carbons (Fsp3) is 0.421. The maximum absolute atomic E-state index is 12.6. The van der Waals surface area contributed by atoms with Gasteiger partial charge in [-0.2, -0.15) is 0 Å². The third kappa shape index (κ3) is 5.08. The highest BCUT2D eigenvalue weighted by atomic mass is 35.5. The SMILES string of the molecule is COCc1cc(=O)n(CC(=O)NCc2ccc(Cl)cc2)c(N2CCCC2)n1. The molecule has 1 aromatic carbocycles. The minimum Gasteiger partial charge on any atom is -0.378 e. The Labute approximate surface area is 162 Å². The zero-order chi connectivity index (χ0) is 19.2. The summed E-state index contributed by atoms with van der Waals surface area (Å²) in [6, 6.07) is 8.68. The van der Waals surface area contributed by atoms with Crippen molar-refractivity contribution in [2.24, 2.45) is 0 Å². The van der Waals surface area contributed by atoms with Crippen molar-refractivity contribution < 1.29 is 9.53 Å². The molecule has 0 aliphatic carbocycles. The Morgan fingerprint density at radius 3 is 2.63 bits per heavy atom. The number of carbonyl (C=O) groups excluding carboxylic acids is 1. The number of aromatic nitrogens is 2. The molecule has 1 saturated heterocycles. The summed E-state index contributed by atoms with van der Waals surface area (Å²) in [7, 11) is 1.56. The number of nitrogens with one attached hydrogen (secondary N) is 1. The molecule has 1 aliphatic heterocycles. The van der Waals surface area contributed by atoms with E-state index < -0.39 is 0 Å². The zero-order valence-electron chi connectivity index (χ0n) is 15.3. The number of hydrogen-bond donors (Lipinski definition) is 1. The Balaban J connectivity index is 1.75. The topological polar surface area (TPSA) is 76.5 Å². The van der Waals surface area contributed by atoms with E-state index in [1.165, 1.54) is 10.6 Å². The maximum atomic E-state index is 12.6.